The van der Waals surface area contributed by atoms with Gasteiger partial charge in [-0.3, -0.25) is 4.79 Å². The van der Waals surface area contributed by atoms with Crippen LogP contribution in [0.5, 0.6) is 0 Å². The smallest absolute Gasteiger partial charge is 0.228 e. The van der Waals surface area contributed by atoms with Crippen molar-refractivity contribution in [3.8, 4) is 5.69 Å². The molecule has 0 saturated carbocycles. The number of fused-ring (bicyclic) bond motifs is 4. The summed E-state index contributed by atoms with van der Waals surface area (Å²) < 4.78 is 2.18. The molecule has 1 amide bonds. The zero-order valence-corrected chi connectivity index (χ0v) is 18.6. The largest absolute Gasteiger partial charge is 0.382 e. The van der Waals surface area contributed by atoms with E-state index in [9.17, 15) is 4.79 Å². The van der Waals surface area contributed by atoms with E-state index in [0.29, 0.717) is 12.2 Å². The highest BCUT2D eigenvalue weighted by molar-refractivity contribution is 5.93. The summed E-state index contributed by atoms with van der Waals surface area (Å²) in [6.45, 7) is 1.04. The van der Waals surface area contributed by atoms with Crippen molar-refractivity contribution in [1.82, 2.24) is 14.5 Å². The summed E-state index contributed by atoms with van der Waals surface area (Å²) >= 11 is 0. The van der Waals surface area contributed by atoms with Crippen LogP contribution in [0.15, 0.2) is 48.8 Å². The Labute approximate surface area is 192 Å². The van der Waals surface area contributed by atoms with Gasteiger partial charge < -0.3 is 20.5 Å². The zero-order valence-electron chi connectivity index (χ0n) is 18.6. The molecule has 0 atom stereocenters. The Morgan fingerprint density at radius 1 is 1.09 bits per heavy atom. The van der Waals surface area contributed by atoms with Crippen LogP contribution in [0.1, 0.15) is 28.8 Å². The summed E-state index contributed by atoms with van der Waals surface area (Å²) in [5.74, 6) is 0.478. The summed E-state index contributed by atoms with van der Waals surface area (Å²) in [5, 5.41) is 3.03. The van der Waals surface area contributed by atoms with Gasteiger partial charge in [-0.1, -0.05) is 12.1 Å². The number of hydrogen-bond donors (Lipinski definition) is 2. The lowest BCUT2D eigenvalue weighted by Crippen LogP contribution is -2.15. The Kier molecular flexibility index (Phi) is 4.57. The number of nitrogens with two attached hydrogens (primary N) is 1. The van der Waals surface area contributed by atoms with E-state index in [4.69, 9.17) is 5.73 Å². The van der Waals surface area contributed by atoms with E-state index in [-0.39, 0.29) is 5.91 Å². The van der Waals surface area contributed by atoms with Crippen molar-refractivity contribution in [1.29, 1.82) is 0 Å². The molecule has 0 saturated heterocycles. The molecule has 6 rings (SSSR count). The van der Waals surface area contributed by atoms with E-state index >= 15 is 0 Å². The lowest BCUT2D eigenvalue weighted by Gasteiger charge is -2.13. The van der Waals surface area contributed by atoms with Crippen molar-refractivity contribution >= 4 is 34.1 Å². The second-order valence-corrected chi connectivity index (χ2v) is 8.98. The summed E-state index contributed by atoms with van der Waals surface area (Å²) in [4.78, 5) is 23.7. The number of anilines is 3. The van der Waals surface area contributed by atoms with Gasteiger partial charge in [0.2, 0.25) is 5.91 Å². The third kappa shape index (κ3) is 3.31. The molecule has 1 aliphatic carbocycles. The third-order valence-electron chi connectivity index (χ3n) is 6.86. The van der Waals surface area contributed by atoms with E-state index in [1.54, 1.807) is 6.33 Å². The highest BCUT2D eigenvalue weighted by Gasteiger charge is 2.25. The van der Waals surface area contributed by atoms with Crippen molar-refractivity contribution in [2.75, 3.05) is 29.5 Å². The van der Waals surface area contributed by atoms with Crippen LogP contribution in [0.4, 0.5) is 17.2 Å². The first-order chi connectivity index (χ1) is 16.1. The highest BCUT2D eigenvalue weighted by atomic mass is 16.1. The van der Waals surface area contributed by atoms with Crippen molar-refractivity contribution in [2.24, 2.45) is 0 Å². The number of nitrogens with one attached hydrogen (secondary N) is 1. The fraction of sp³-hybridized carbons (Fsp3) is 0.269. The molecule has 4 aromatic rings. The predicted molar refractivity (Wildman–Crippen MR) is 131 cm³/mol. The molecular weight excluding hydrogens is 412 g/mol. The van der Waals surface area contributed by atoms with Gasteiger partial charge >= 0.3 is 0 Å². The molecule has 0 unspecified atom stereocenters. The first kappa shape index (κ1) is 19.8. The van der Waals surface area contributed by atoms with Crippen LogP contribution in [-0.2, 0) is 30.5 Å². The second-order valence-electron chi connectivity index (χ2n) is 8.98. The Morgan fingerprint density at radius 3 is 2.79 bits per heavy atom. The van der Waals surface area contributed by atoms with Crippen LogP contribution < -0.4 is 16.0 Å². The topological polar surface area (TPSA) is 89.1 Å². The average Bonchev–Trinajstić information content (AvgIpc) is 3.50. The summed E-state index contributed by atoms with van der Waals surface area (Å²) in [6, 6.07) is 14.3. The normalized spacial score (nSPS) is 14.5. The van der Waals surface area contributed by atoms with Gasteiger partial charge in [-0.05, 0) is 72.7 Å². The van der Waals surface area contributed by atoms with Gasteiger partial charge in [-0.25, -0.2) is 9.97 Å². The van der Waals surface area contributed by atoms with Gasteiger partial charge in [0, 0.05) is 36.3 Å². The lowest BCUT2D eigenvalue weighted by atomic mass is 10.1. The molecule has 2 aliphatic rings. The van der Waals surface area contributed by atoms with Crippen molar-refractivity contribution in [3.63, 3.8) is 0 Å². The maximum atomic E-state index is 12.7. The van der Waals surface area contributed by atoms with Crippen molar-refractivity contribution in [2.45, 2.75) is 32.1 Å². The SMILES string of the molecule is CN1CCc2cc(CC(=O)Nc3ccc(-n4c5c(c6ncnc(N)c64)CCC5)cc3)ccc21. The standard InChI is InChI=1S/C26H26N6O/c1-31-12-11-17-13-16(5-10-21(17)31)14-23(33)30-18-6-8-19(9-7-18)32-22-4-2-3-20(22)24-25(32)26(27)29-15-28-24/h5-10,13,15H,2-4,11-12,14H2,1H3,(H,30,33)(H2,27,28,29). The number of rotatable bonds is 4. The first-order valence-electron chi connectivity index (χ1n) is 11.4. The van der Waals surface area contributed by atoms with Crippen LogP contribution in [0.3, 0.4) is 0 Å². The molecule has 1 aliphatic heterocycles. The molecule has 0 bridgehead atoms. The first-order valence-corrected chi connectivity index (χ1v) is 11.4. The fourth-order valence-corrected chi connectivity index (χ4v) is 5.30. The van der Waals surface area contributed by atoms with Crippen LogP contribution in [0, 0.1) is 0 Å². The molecule has 2 aromatic heterocycles. The number of carbonyl (C=O) groups is 1. The number of nitrogens with zero attached hydrogens (tertiary/aromatic N) is 4. The quantitative estimate of drug-likeness (QED) is 0.508. The minimum absolute atomic E-state index is 0.0148. The Bertz CT molecular complexity index is 1390. The Morgan fingerprint density at radius 2 is 1.94 bits per heavy atom. The van der Waals surface area contributed by atoms with Gasteiger partial charge in [0.15, 0.2) is 5.82 Å². The minimum atomic E-state index is -0.0148. The van der Waals surface area contributed by atoms with Gasteiger partial charge in [0.05, 0.1) is 11.9 Å². The summed E-state index contributed by atoms with van der Waals surface area (Å²) in [7, 11) is 2.11. The zero-order chi connectivity index (χ0) is 22.5. The van der Waals surface area contributed by atoms with E-state index in [1.165, 1.54) is 22.5 Å². The van der Waals surface area contributed by atoms with Gasteiger partial charge in [-0.2, -0.15) is 0 Å². The number of hydrogen-bond acceptors (Lipinski definition) is 5. The van der Waals surface area contributed by atoms with Crippen LogP contribution in [-0.4, -0.2) is 34.0 Å². The molecule has 33 heavy (non-hydrogen) atoms. The summed E-state index contributed by atoms with van der Waals surface area (Å²) in [6.07, 6.45) is 6.08. The van der Waals surface area contributed by atoms with E-state index < -0.39 is 0 Å². The van der Waals surface area contributed by atoms with E-state index in [1.807, 2.05) is 30.3 Å². The van der Waals surface area contributed by atoms with Gasteiger partial charge in [0.25, 0.3) is 0 Å². The van der Waals surface area contributed by atoms with Crippen LogP contribution in [0.2, 0.25) is 0 Å². The number of nitrogen functional groups attached to an aromatic ring is 1. The third-order valence-corrected chi connectivity index (χ3v) is 6.86. The van der Waals surface area contributed by atoms with Crippen LogP contribution in [0.25, 0.3) is 16.7 Å². The number of aromatic nitrogens is 3. The van der Waals surface area contributed by atoms with Crippen LogP contribution >= 0.6 is 0 Å². The van der Waals surface area contributed by atoms with Gasteiger partial charge in [0.1, 0.15) is 11.8 Å². The monoisotopic (exact) mass is 438 g/mol. The maximum Gasteiger partial charge on any atom is 0.228 e. The van der Waals surface area contributed by atoms with Crippen molar-refractivity contribution < 1.29 is 4.79 Å². The minimum Gasteiger partial charge on any atom is -0.382 e. The maximum absolute atomic E-state index is 12.7. The highest BCUT2D eigenvalue weighted by Crippen LogP contribution is 2.36. The molecule has 166 valence electrons. The summed E-state index contributed by atoms with van der Waals surface area (Å²) in [5.41, 5.74) is 16.0. The molecule has 3 heterocycles. The lowest BCUT2D eigenvalue weighted by molar-refractivity contribution is -0.115. The molecule has 0 radical (unpaired) electrons. The molecule has 7 heteroatoms. The number of likely N-dealkylation sites (N-methyl/N-ethyl adjacent to an activating group) is 1. The van der Waals surface area contributed by atoms with Gasteiger partial charge in [-0.15, -0.1) is 0 Å². The van der Waals surface area contributed by atoms with E-state index in [0.717, 1.165) is 60.2 Å². The predicted octanol–water partition coefficient (Wildman–Crippen LogP) is 3.66. The second kappa shape index (κ2) is 7.62. The Hall–Kier alpha value is -3.87. The number of aryl methyl sites for hydroxylation is 1. The number of benzene rings is 2. The molecule has 0 spiro atoms. The Balaban J connectivity index is 1.23. The fourth-order valence-electron chi connectivity index (χ4n) is 5.30. The molecular formula is C26H26N6O. The average molecular weight is 439 g/mol. The molecule has 0 fully saturated rings. The van der Waals surface area contributed by atoms with E-state index in [2.05, 4.69) is 43.9 Å². The van der Waals surface area contributed by atoms with Crippen molar-refractivity contribution in [3.05, 3.63) is 71.2 Å². The molecule has 2 aromatic carbocycles. The number of amides is 1. The molecule has 3 N–H and O–H groups in total. The molecule has 7 nitrogen and oxygen atoms in total. The number of carbonyl (C=O) groups excluding carboxylic acids is 1.